The van der Waals surface area contributed by atoms with Crippen LogP contribution < -0.4 is 0 Å². The van der Waals surface area contributed by atoms with E-state index in [0.717, 1.165) is 5.56 Å². The Hall–Kier alpha value is -2.59. The molecule has 148 valence electrons. The minimum Gasteiger partial charge on any atom is -0.340 e. The van der Waals surface area contributed by atoms with Crippen molar-refractivity contribution in [2.24, 2.45) is 7.05 Å². The number of aryl methyl sites for hydroxylation is 1. The summed E-state index contributed by atoms with van der Waals surface area (Å²) in [6, 6.07) is 6.07. The summed E-state index contributed by atoms with van der Waals surface area (Å²) in [5, 5.41) is 6.39. The smallest absolute Gasteiger partial charge is 0.237 e. The number of carbonyl (C=O) groups is 1. The first-order valence-corrected chi connectivity index (χ1v) is 11.0. The third-order valence-corrected chi connectivity index (χ3v) is 6.37. The Morgan fingerprint density at radius 2 is 2.07 bits per heavy atom. The molecule has 0 aliphatic carbocycles. The number of benzene rings is 1. The lowest BCUT2D eigenvalue weighted by Gasteiger charge is -2.17. The molecule has 0 fully saturated rings. The molecule has 2 heterocycles. The molecule has 0 atom stereocenters. The fraction of sp³-hybridized carbons (Fsp3) is 0.278. The SMILES string of the molecule is CN(Cc1ccccc1F)C(=O)CS(=O)(=O)Cc1csc(-c2cnn(C)c2)n1. The zero-order valence-electron chi connectivity index (χ0n) is 15.4. The fourth-order valence-corrected chi connectivity index (χ4v) is 4.78. The summed E-state index contributed by atoms with van der Waals surface area (Å²) in [5.74, 6) is -2.01. The molecule has 0 bridgehead atoms. The molecular weight excluding hydrogens is 403 g/mol. The Kier molecular flexibility index (Phi) is 5.90. The molecule has 3 aromatic rings. The Morgan fingerprint density at radius 1 is 1.32 bits per heavy atom. The van der Waals surface area contributed by atoms with Crippen LogP contribution in [0.3, 0.4) is 0 Å². The molecular formula is C18H19FN4O3S2. The number of aromatic nitrogens is 3. The molecule has 7 nitrogen and oxygen atoms in total. The van der Waals surface area contributed by atoms with Gasteiger partial charge in [-0.15, -0.1) is 11.3 Å². The van der Waals surface area contributed by atoms with Gasteiger partial charge in [-0.1, -0.05) is 18.2 Å². The molecule has 0 aliphatic heterocycles. The largest absolute Gasteiger partial charge is 0.340 e. The van der Waals surface area contributed by atoms with Gasteiger partial charge in [-0.05, 0) is 6.07 Å². The van der Waals surface area contributed by atoms with Gasteiger partial charge in [0.2, 0.25) is 5.91 Å². The highest BCUT2D eigenvalue weighted by Gasteiger charge is 2.22. The molecule has 0 N–H and O–H groups in total. The van der Waals surface area contributed by atoms with E-state index in [1.54, 1.807) is 47.7 Å². The van der Waals surface area contributed by atoms with Gasteiger partial charge in [0.15, 0.2) is 9.84 Å². The van der Waals surface area contributed by atoms with E-state index in [-0.39, 0.29) is 12.3 Å². The lowest BCUT2D eigenvalue weighted by Crippen LogP contribution is -2.32. The van der Waals surface area contributed by atoms with Crippen molar-refractivity contribution in [3.05, 3.63) is 59.1 Å². The zero-order chi connectivity index (χ0) is 20.3. The normalized spacial score (nSPS) is 11.5. The Bertz CT molecular complexity index is 1090. The van der Waals surface area contributed by atoms with Gasteiger partial charge in [0.25, 0.3) is 0 Å². The summed E-state index contributed by atoms with van der Waals surface area (Å²) in [6.07, 6.45) is 3.44. The lowest BCUT2D eigenvalue weighted by atomic mass is 10.2. The highest BCUT2D eigenvalue weighted by molar-refractivity contribution is 7.91. The van der Waals surface area contributed by atoms with Crippen LogP contribution in [0.5, 0.6) is 0 Å². The summed E-state index contributed by atoms with van der Waals surface area (Å²) in [5.41, 5.74) is 1.52. The van der Waals surface area contributed by atoms with E-state index in [4.69, 9.17) is 0 Å². The van der Waals surface area contributed by atoms with E-state index in [2.05, 4.69) is 10.1 Å². The molecule has 2 aromatic heterocycles. The van der Waals surface area contributed by atoms with Crippen molar-refractivity contribution in [2.45, 2.75) is 12.3 Å². The molecule has 0 saturated heterocycles. The first-order valence-electron chi connectivity index (χ1n) is 8.35. The highest BCUT2D eigenvalue weighted by Crippen LogP contribution is 2.24. The number of sulfone groups is 1. The van der Waals surface area contributed by atoms with Crippen molar-refractivity contribution < 1.29 is 17.6 Å². The van der Waals surface area contributed by atoms with Crippen LogP contribution in [0, 0.1) is 5.82 Å². The number of hydrogen-bond acceptors (Lipinski definition) is 6. The summed E-state index contributed by atoms with van der Waals surface area (Å²) in [6.45, 7) is 0.00286. The van der Waals surface area contributed by atoms with Gasteiger partial charge in [0, 0.05) is 43.3 Å². The molecule has 1 aromatic carbocycles. The molecule has 0 spiro atoms. The number of thiazole rings is 1. The van der Waals surface area contributed by atoms with E-state index >= 15 is 0 Å². The fourth-order valence-electron chi connectivity index (χ4n) is 2.58. The molecule has 28 heavy (non-hydrogen) atoms. The molecule has 3 rings (SSSR count). The third-order valence-electron chi connectivity index (χ3n) is 4.01. The number of halogens is 1. The van der Waals surface area contributed by atoms with Crippen LogP contribution in [-0.4, -0.2) is 46.8 Å². The second kappa shape index (κ2) is 8.19. The van der Waals surface area contributed by atoms with Crippen LogP contribution in [0.2, 0.25) is 0 Å². The number of amides is 1. The zero-order valence-corrected chi connectivity index (χ0v) is 17.0. The van der Waals surface area contributed by atoms with Crippen molar-refractivity contribution >= 4 is 27.1 Å². The first kappa shape index (κ1) is 20.2. The first-order chi connectivity index (χ1) is 13.2. The van der Waals surface area contributed by atoms with Gasteiger partial charge in [-0.2, -0.15) is 5.10 Å². The predicted molar refractivity (Wildman–Crippen MR) is 105 cm³/mol. The predicted octanol–water partition coefficient (Wildman–Crippen LogP) is 2.26. The van der Waals surface area contributed by atoms with Crippen LogP contribution in [0.4, 0.5) is 4.39 Å². The maximum absolute atomic E-state index is 13.7. The number of hydrogen-bond donors (Lipinski definition) is 0. The van der Waals surface area contributed by atoms with Gasteiger partial charge >= 0.3 is 0 Å². The van der Waals surface area contributed by atoms with E-state index in [0.29, 0.717) is 16.3 Å². The number of nitrogens with zero attached hydrogens (tertiary/aromatic N) is 4. The molecule has 10 heteroatoms. The standard InChI is InChI=1S/C18H19FN4O3S2/c1-22(8-13-5-3-4-6-16(13)19)17(24)12-28(25,26)11-15-10-27-18(21-15)14-7-20-23(2)9-14/h3-7,9-10H,8,11-12H2,1-2H3. The van der Waals surface area contributed by atoms with Crippen LogP contribution >= 0.6 is 11.3 Å². The Labute approximate surface area is 166 Å². The molecule has 0 saturated carbocycles. The topological polar surface area (TPSA) is 85.2 Å². The minimum absolute atomic E-state index is 0.00286. The van der Waals surface area contributed by atoms with Crippen molar-refractivity contribution in [3.8, 4) is 10.6 Å². The van der Waals surface area contributed by atoms with Crippen LogP contribution in [-0.2, 0) is 34.0 Å². The van der Waals surface area contributed by atoms with Gasteiger partial charge in [0.1, 0.15) is 16.6 Å². The van der Waals surface area contributed by atoms with Gasteiger partial charge in [0.05, 0.1) is 17.6 Å². The van der Waals surface area contributed by atoms with Crippen molar-refractivity contribution in [3.63, 3.8) is 0 Å². The van der Waals surface area contributed by atoms with Crippen LogP contribution in [0.1, 0.15) is 11.3 Å². The van der Waals surface area contributed by atoms with E-state index in [1.807, 2.05) is 0 Å². The average molecular weight is 423 g/mol. The quantitative estimate of drug-likeness (QED) is 0.583. The maximum Gasteiger partial charge on any atom is 0.237 e. The van der Waals surface area contributed by atoms with Crippen LogP contribution in [0.15, 0.2) is 42.0 Å². The van der Waals surface area contributed by atoms with Gasteiger partial charge in [-0.25, -0.2) is 17.8 Å². The summed E-state index contributed by atoms with van der Waals surface area (Å²) < 4.78 is 40.2. The maximum atomic E-state index is 13.7. The number of carbonyl (C=O) groups excluding carboxylic acids is 1. The molecule has 0 unspecified atom stereocenters. The summed E-state index contributed by atoms with van der Waals surface area (Å²) >= 11 is 1.32. The second-order valence-corrected chi connectivity index (χ2v) is 9.34. The monoisotopic (exact) mass is 422 g/mol. The molecule has 0 radical (unpaired) electrons. The Balaban J connectivity index is 1.62. The second-order valence-electron chi connectivity index (χ2n) is 6.42. The summed E-state index contributed by atoms with van der Waals surface area (Å²) in [7, 11) is -0.471. The van der Waals surface area contributed by atoms with E-state index in [9.17, 15) is 17.6 Å². The van der Waals surface area contributed by atoms with Gasteiger partial charge < -0.3 is 4.90 Å². The third kappa shape index (κ3) is 5.02. The van der Waals surface area contributed by atoms with Crippen molar-refractivity contribution in [2.75, 3.05) is 12.8 Å². The summed E-state index contributed by atoms with van der Waals surface area (Å²) in [4.78, 5) is 17.8. The average Bonchev–Trinajstić information content (AvgIpc) is 3.24. The Morgan fingerprint density at radius 3 is 2.75 bits per heavy atom. The molecule has 1 amide bonds. The number of rotatable bonds is 7. The highest BCUT2D eigenvalue weighted by atomic mass is 32.2. The van der Waals surface area contributed by atoms with Crippen molar-refractivity contribution in [1.82, 2.24) is 19.7 Å². The van der Waals surface area contributed by atoms with Gasteiger partial charge in [-0.3, -0.25) is 9.48 Å². The van der Waals surface area contributed by atoms with E-state index < -0.39 is 27.3 Å². The molecule has 0 aliphatic rings. The minimum atomic E-state index is -3.71. The van der Waals surface area contributed by atoms with Crippen LogP contribution in [0.25, 0.3) is 10.6 Å². The van der Waals surface area contributed by atoms with Crippen molar-refractivity contribution in [1.29, 1.82) is 0 Å². The lowest BCUT2D eigenvalue weighted by molar-refractivity contribution is -0.127. The van der Waals surface area contributed by atoms with E-state index in [1.165, 1.54) is 29.4 Å².